The molecule has 15 heavy (non-hydrogen) atoms. The molecule has 76 valence electrons. The van der Waals surface area contributed by atoms with Gasteiger partial charge < -0.3 is 4.98 Å². The molecule has 1 aliphatic rings. The molecule has 2 aromatic rings. The Morgan fingerprint density at radius 2 is 1.93 bits per heavy atom. The fourth-order valence-corrected chi connectivity index (χ4v) is 1.82. The van der Waals surface area contributed by atoms with Gasteiger partial charge in [0.2, 0.25) is 0 Å². The highest BCUT2D eigenvalue weighted by Crippen LogP contribution is 2.39. The van der Waals surface area contributed by atoms with Crippen LogP contribution in [0.4, 0.5) is 0 Å². The summed E-state index contributed by atoms with van der Waals surface area (Å²) >= 11 is 5.83. The van der Waals surface area contributed by atoms with Crippen molar-refractivity contribution in [1.29, 1.82) is 0 Å². The number of hydrogen-bond donors (Lipinski definition) is 1. The summed E-state index contributed by atoms with van der Waals surface area (Å²) in [7, 11) is 0. The van der Waals surface area contributed by atoms with Gasteiger partial charge >= 0.3 is 0 Å². The summed E-state index contributed by atoms with van der Waals surface area (Å²) in [4.78, 5) is 7.74. The van der Waals surface area contributed by atoms with E-state index in [-0.39, 0.29) is 0 Å². The molecule has 1 aromatic carbocycles. The van der Waals surface area contributed by atoms with Crippen molar-refractivity contribution in [1.82, 2.24) is 9.97 Å². The van der Waals surface area contributed by atoms with Crippen LogP contribution in [0.25, 0.3) is 11.4 Å². The van der Waals surface area contributed by atoms with E-state index in [0.717, 1.165) is 22.3 Å². The van der Waals surface area contributed by atoms with Crippen LogP contribution in [0.5, 0.6) is 0 Å². The quantitative estimate of drug-likeness (QED) is 0.820. The molecule has 3 rings (SSSR count). The molecule has 0 spiro atoms. The van der Waals surface area contributed by atoms with Crippen LogP contribution in [0.1, 0.15) is 24.5 Å². The summed E-state index contributed by atoms with van der Waals surface area (Å²) in [6.07, 6.45) is 4.53. The molecular weight excluding hydrogens is 208 g/mol. The molecule has 0 atom stereocenters. The zero-order valence-corrected chi connectivity index (χ0v) is 8.96. The molecule has 0 aliphatic heterocycles. The van der Waals surface area contributed by atoms with E-state index in [9.17, 15) is 0 Å². The predicted octanol–water partition coefficient (Wildman–Crippen LogP) is 3.61. The Bertz CT molecular complexity index is 469. The number of nitrogens with zero attached hydrogens (tertiary/aromatic N) is 1. The van der Waals surface area contributed by atoms with Gasteiger partial charge in [0, 0.05) is 28.4 Å². The Kier molecular flexibility index (Phi) is 2.03. The van der Waals surface area contributed by atoms with Crippen LogP contribution in [0.3, 0.4) is 0 Å². The van der Waals surface area contributed by atoms with Gasteiger partial charge in [-0.1, -0.05) is 11.6 Å². The van der Waals surface area contributed by atoms with Gasteiger partial charge in [0.25, 0.3) is 0 Å². The van der Waals surface area contributed by atoms with E-state index in [1.54, 1.807) is 0 Å². The van der Waals surface area contributed by atoms with E-state index in [1.165, 1.54) is 18.5 Å². The van der Waals surface area contributed by atoms with Crippen LogP contribution in [0, 0.1) is 0 Å². The second-order valence-corrected chi connectivity index (χ2v) is 4.40. The van der Waals surface area contributed by atoms with Crippen molar-refractivity contribution in [2.24, 2.45) is 0 Å². The molecule has 1 heterocycles. The normalized spacial score (nSPS) is 15.5. The highest BCUT2D eigenvalue weighted by Gasteiger charge is 2.25. The first-order valence-corrected chi connectivity index (χ1v) is 5.51. The molecule has 0 amide bonds. The number of halogens is 1. The van der Waals surface area contributed by atoms with Crippen molar-refractivity contribution in [3.63, 3.8) is 0 Å². The number of imidazole rings is 1. The maximum absolute atomic E-state index is 5.83. The summed E-state index contributed by atoms with van der Waals surface area (Å²) in [6, 6.07) is 7.74. The van der Waals surface area contributed by atoms with Crippen molar-refractivity contribution in [3.05, 3.63) is 41.2 Å². The third-order valence-electron chi connectivity index (χ3n) is 2.73. The molecule has 1 aromatic heterocycles. The SMILES string of the molecule is Clc1ccc(-c2ncc(C3CC3)[nH]2)cc1. The molecule has 1 fully saturated rings. The maximum atomic E-state index is 5.83. The van der Waals surface area contributed by atoms with E-state index in [1.807, 2.05) is 30.5 Å². The first-order valence-electron chi connectivity index (χ1n) is 5.14. The monoisotopic (exact) mass is 218 g/mol. The minimum atomic E-state index is 0.721. The van der Waals surface area contributed by atoms with Gasteiger partial charge in [-0.3, -0.25) is 0 Å². The van der Waals surface area contributed by atoms with Gasteiger partial charge in [-0.05, 0) is 37.1 Å². The Hall–Kier alpha value is -1.28. The van der Waals surface area contributed by atoms with Gasteiger partial charge in [-0.25, -0.2) is 4.98 Å². The van der Waals surface area contributed by atoms with E-state index >= 15 is 0 Å². The standard InChI is InChI=1S/C12H11ClN2/c13-10-5-3-9(4-6-10)12-14-7-11(15-12)8-1-2-8/h3-8H,1-2H2,(H,14,15). The Morgan fingerprint density at radius 3 is 2.60 bits per heavy atom. The van der Waals surface area contributed by atoms with E-state index in [0.29, 0.717) is 0 Å². The first-order chi connectivity index (χ1) is 7.33. The van der Waals surface area contributed by atoms with Crippen LogP contribution in [0.2, 0.25) is 5.02 Å². The van der Waals surface area contributed by atoms with Gasteiger partial charge in [-0.2, -0.15) is 0 Å². The number of rotatable bonds is 2. The Balaban J connectivity index is 1.93. The first kappa shape index (κ1) is 8.98. The average molecular weight is 219 g/mol. The molecule has 0 bridgehead atoms. The topological polar surface area (TPSA) is 28.7 Å². The molecular formula is C12H11ClN2. The number of aromatic nitrogens is 2. The molecule has 1 N–H and O–H groups in total. The molecule has 1 aliphatic carbocycles. The number of aromatic amines is 1. The predicted molar refractivity (Wildman–Crippen MR) is 61.0 cm³/mol. The molecule has 0 unspecified atom stereocenters. The van der Waals surface area contributed by atoms with Crippen molar-refractivity contribution in [3.8, 4) is 11.4 Å². The number of H-pyrrole nitrogens is 1. The molecule has 1 saturated carbocycles. The van der Waals surface area contributed by atoms with Crippen LogP contribution in [0.15, 0.2) is 30.5 Å². The van der Waals surface area contributed by atoms with Crippen LogP contribution in [-0.4, -0.2) is 9.97 Å². The van der Waals surface area contributed by atoms with Crippen molar-refractivity contribution >= 4 is 11.6 Å². The van der Waals surface area contributed by atoms with Crippen molar-refractivity contribution in [2.75, 3.05) is 0 Å². The smallest absolute Gasteiger partial charge is 0.137 e. The van der Waals surface area contributed by atoms with Gasteiger partial charge in [-0.15, -0.1) is 0 Å². The lowest BCUT2D eigenvalue weighted by Gasteiger charge is -1.96. The Morgan fingerprint density at radius 1 is 1.20 bits per heavy atom. The summed E-state index contributed by atoms with van der Waals surface area (Å²) in [6.45, 7) is 0. The fraction of sp³-hybridized carbons (Fsp3) is 0.250. The van der Waals surface area contributed by atoms with E-state index < -0.39 is 0 Å². The number of benzene rings is 1. The summed E-state index contributed by atoms with van der Waals surface area (Å²) in [5.41, 5.74) is 2.35. The van der Waals surface area contributed by atoms with Gasteiger partial charge in [0.1, 0.15) is 5.82 Å². The van der Waals surface area contributed by atoms with Crippen molar-refractivity contribution in [2.45, 2.75) is 18.8 Å². The van der Waals surface area contributed by atoms with Crippen LogP contribution < -0.4 is 0 Å². The van der Waals surface area contributed by atoms with E-state index in [2.05, 4.69) is 9.97 Å². The zero-order chi connectivity index (χ0) is 10.3. The molecule has 3 heteroatoms. The van der Waals surface area contributed by atoms with Crippen LogP contribution in [-0.2, 0) is 0 Å². The second kappa shape index (κ2) is 3.38. The summed E-state index contributed by atoms with van der Waals surface area (Å²) in [5, 5.41) is 0.757. The Labute approximate surface area is 93.3 Å². The van der Waals surface area contributed by atoms with Gasteiger partial charge in [0.05, 0.1) is 0 Å². The summed E-state index contributed by atoms with van der Waals surface area (Å²) in [5.74, 6) is 1.66. The third-order valence-corrected chi connectivity index (χ3v) is 2.98. The minimum Gasteiger partial charge on any atom is -0.342 e. The second-order valence-electron chi connectivity index (χ2n) is 3.97. The number of nitrogens with one attached hydrogen (secondary N) is 1. The highest BCUT2D eigenvalue weighted by molar-refractivity contribution is 6.30. The van der Waals surface area contributed by atoms with Crippen molar-refractivity contribution < 1.29 is 0 Å². The van der Waals surface area contributed by atoms with Gasteiger partial charge in [0.15, 0.2) is 0 Å². The lowest BCUT2D eigenvalue weighted by Crippen LogP contribution is -1.81. The van der Waals surface area contributed by atoms with Crippen LogP contribution >= 0.6 is 11.6 Å². The highest BCUT2D eigenvalue weighted by atomic mass is 35.5. The summed E-state index contributed by atoms with van der Waals surface area (Å²) < 4.78 is 0. The zero-order valence-electron chi connectivity index (χ0n) is 8.20. The third kappa shape index (κ3) is 1.77. The molecule has 0 radical (unpaired) electrons. The minimum absolute atomic E-state index is 0.721. The molecule has 2 nitrogen and oxygen atoms in total. The fourth-order valence-electron chi connectivity index (χ4n) is 1.69. The van der Waals surface area contributed by atoms with E-state index in [4.69, 9.17) is 11.6 Å². The number of hydrogen-bond acceptors (Lipinski definition) is 1. The largest absolute Gasteiger partial charge is 0.342 e. The maximum Gasteiger partial charge on any atom is 0.137 e. The average Bonchev–Trinajstić information content (AvgIpc) is 2.99. The lowest BCUT2D eigenvalue weighted by atomic mass is 10.2. The molecule has 0 saturated heterocycles. The lowest BCUT2D eigenvalue weighted by molar-refractivity contribution is 1.05.